The van der Waals surface area contributed by atoms with Gasteiger partial charge in [0.1, 0.15) is 16.4 Å². The first kappa shape index (κ1) is 14.7. The molecule has 0 unspecified atom stereocenters. The van der Waals surface area contributed by atoms with Crippen molar-refractivity contribution in [3.63, 3.8) is 0 Å². The Balaban J connectivity index is 2.04. The second-order valence-corrected chi connectivity index (χ2v) is 5.71. The van der Waals surface area contributed by atoms with Crippen LogP contribution in [0.3, 0.4) is 0 Å². The maximum atomic E-state index is 14.1. The smallest absolute Gasteiger partial charge is 0.354 e. The number of carbonyl (C=O) groups excluding carboxylic acids is 1. The first-order chi connectivity index (χ1) is 10.7. The molecule has 0 saturated carbocycles. The highest BCUT2D eigenvalue weighted by atomic mass is 32.1. The molecule has 0 bridgehead atoms. The fourth-order valence-electron chi connectivity index (χ4n) is 2.26. The van der Waals surface area contributed by atoms with Crippen molar-refractivity contribution in [3.05, 3.63) is 64.8 Å². The number of halogens is 1. The summed E-state index contributed by atoms with van der Waals surface area (Å²) >= 11 is 1.21. The van der Waals surface area contributed by atoms with Crippen LogP contribution in [0.15, 0.2) is 48.5 Å². The number of para-hydroxylation sites is 1. The van der Waals surface area contributed by atoms with Gasteiger partial charge >= 0.3 is 5.97 Å². The molecule has 0 atom stereocenters. The zero-order valence-corrected chi connectivity index (χ0v) is 12.7. The Morgan fingerprint density at radius 1 is 1.14 bits per heavy atom. The summed E-state index contributed by atoms with van der Waals surface area (Å²) in [6.45, 7) is 0.153. The molecule has 3 nitrogen and oxygen atoms in total. The molecule has 3 rings (SSSR count). The quantitative estimate of drug-likeness (QED) is 0.528. The van der Waals surface area contributed by atoms with E-state index in [0.717, 1.165) is 0 Å². The first-order valence-electron chi connectivity index (χ1n) is 6.66. The van der Waals surface area contributed by atoms with Crippen molar-refractivity contribution < 1.29 is 18.7 Å². The number of carbonyl (C=O) groups is 1. The number of esters is 1. The van der Waals surface area contributed by atoms with E-state index >= 15 is 0 Å². The normalized spacial score (nSPS) is 10.8. The van der Waals surface area contributed by atoms with Gasteiger partial charge < -0.3 is 9.47 Å². The molecule has 0 spiro atoms. The fraction of sp³-hybridized carbons (Fsp3) is 0.118. The van der Waals surface area contributed by atoms with Crippen LogP contribution in [0.5, 0.6) is 5.75 Å². The SMILES string of the molecule is COCc1c(C(=O)Oc2ccccc2)sc2cccc(F)c12. The van der Waals surface area contributed by atoms with Crippen molar-refractivity contribution in [2.24, 2.45) is 0 Å². The number of thiophene rings is 1. The van der Waals surface area contributed by atoms with Gasteiger partial charge in [-0.2, -0.15) is 0 Å². The average Bonchev–Trinajstić information content (AvgIpc) is 2.89. The van der Waals surface area contributed by atoms with Gasteiger partial charge in [0.2, 0.25) is 0 Å². The van der Waals surface area contributed by atoms with Crippen LogP contribution in [0.25, 0.3) is 10.1 Å². The maximum Gasteiger partial charge on any atom is 0.354 e. The molecular weight excluding hydrogens is 303 g/mol. The fourth-order valence-corrected chi connectivity index (χ4v) is 3.35. The minimum absolute atomic E-state index is 0.153. The molecule has 112 valence electrons. The summed E-state index contributed by atoms with van der Waals surface area (Å²) in [6, 6.07) is 13.6. The van der Waals surface area contributed by atoms with Gasteiger partial charge in [0.15, 0.2) is 0 Å². The van der Waals surface area contributed by atoms with E-state index in [2.05, 4.69) is 0 Å². The minimum atomic E-state index is -0.501. The number of hydrogen-bond donors (Lipinski definition) is 0. The van der Waals surface area contributed by atoms with E-state index in [1.807, 2.05) is 6.07 Å². The molecule has 0 aliphatic rings. The van der Waals surface area contributed by atoms with Gasteiger partial charge in [-0.05, 0) is 24.3 Å². The summed E-state index contributed by atoms with van der Waals surface area (Å²) < 4.78 is 25.2. The Bertz CT molecular complexity index is 811. The number of rotatable bonds is 4. The van der Waals surface area contributed by atoms with Gasteiger partial charge in [-0.1, -0.05) is 24.3 Å². The summed E-state index contributed by atoms with van der Waals surface area (Å²) in [5.74, 6) is -0.410. The third-order valence-corrected chi connectivity index (χ3v) is 4.37. The summed E-state index contributed by atoms with van der Waals surface area (Å²) in [6.07, 6.45) is 0. The van der Waals surface area contributed by atoms with E-state index in [-0.39, 0.29) is 12.4 Å². The van der Waals surface area contributed by atoms with Gasteiger partial charge in [-0.15, -0.1) is 11.3 Å². The molecule has 0 fully saturated rings. The molecule has 1 heterocycles. The molecule has 2 aromatic carbocycles. The number of hydrogen-bond acceptors (Lipinski definition) is 4. The van der Waals surface area contributed by atoms with Crippen molar-refractivity contribution in [2.45, 2.75) is 6.61 Å². The molecule has 0 N–H and O–H groups in total. The zero-order chi connectivity index (χ0) is 15.5. The second-order valence-electron chi connectivity index (χ2n) is 4.66. The summed E-state index contributed by atoms with van der Waals surface area (Å²) in [7, 11) is 1.51. The second kappa shape index (κ2) is 6.25. The van der Waals surface area contributed by atoms with E-state index in [9.17, 15) is 9.18 Å². The van der Waals surface area contributed by atoms with E-state index in [4.69, 9.17) is 9.47 Å². The van der Waals surface area contributed by atoms with E-state index in [1.54, 1.807) is 36.4 Å². The van der Waals surface area contributed by atoms with Gasteiger partial charge in [-0.25, -0.2) is 9.18 Å². The highest BCUT2D eigenvalue weighted by Gasteiger charge is 2.22. The predicted molar refractivity (Wildman–Crippen MR) is 83.9 cm³/mol. The van der Waals surface area contributed by atoms with Crippen LogP contribution in [0, 0.1) is 5.82 Å². The van der Waals surface area contributed by atoms with Crippen molar-refractivity contribution in [1.29, 1.82) is 0 Å². The molecule has 22 heavy (non-hydrogen) atoms. The number of fused-ring (bicyclic) bond motifs is 1. The lowest BCUT2D eigenvalue weighted by molar-refractivity contribution is 0.0735. The van der Waals surface area contributed by atoms with Crippen molar-refractivity contribution in [2.75, 3.05) is 7.11 Å². The van der Waals surface area contributed by atoms with Crippen LogP contribution in [0.4, 0.5) is 4.39 Å². The highest BCUT2D eigenvalue weighted by molar-refractivity contribution is 7.21. The Hall–Kier alpha value is -2.24. The Kier molecular flexibility index (Phi) is 4.18. The van der Waals surface area contributed by atoms with Crippen LogP contribution >= 0.6 is 11.3 Å². The van der Waals surface area contributed by atoms with E-state index in [1.165, 1.54) is 24.5 Å². The Labute approximate surface area is 130 Å². The molecule has 0 saturated heterocycles. The monoisotopic (exact) mass is 316 g/mol. The minimum Gasteiger partial charge on any atom is -0.422 e. The number of benzene rings is 2. The maximum absolute atomic E-state index is 14.1. The molecule has 5 heteroatoms. The topological polar surface area (TPSA) is 35.5 Å². The standard InChI is InChI=1S/C17H13FO3S/c1-20-10-12-15-13(18)8-5-9-14(15)22-16(12)17(19)21-11-6-3-2-4-7-11/h2-9H,10H2,1H3. The molecule has 3 aromatic rings. The lowest BCUT2D eigenvalue weighted by atomic mass is 10.1. The van der Waals surface area contributed by atoms with E-state index in [0.29, 0.717) is 26.3 Å². The number of methoxy groups -OCH3 is 1. The van der Waals surface area contributed by atoms with Crippen molar-refractivity contribution >= 4 is 27.4 Å². The van der Waals surface area contributed by atoms with Crippen molar-refractivity contribution in [3.8, 4) is 5.75 Å². The van der Waals surface area contributed by atoms with Crippen molar-refractivity contribution in [1.82, 2.24) is 0 Å². The lowest BCUT2D eigenvalue weighted by Gasteiger charge is -2.05. The number of ether oxygens (including phenoxy) is 2. The molecule has 0 aliphatic carbocycles. The Morgan fingerprint density at radius 2 is 1.91 bits per heavy atom. The van der Waals surface area contributed by atoms with Crippen LogP contribution in [-0.2, 0) is 11.3 Å². The van der Waals surface area contributed by atoms with Crippen LogP contribution in [0.1, 0.15) is 15.2 Å². The van der Waals surface area contributed by atoms with Crippen LogP contribution in [0.2, 0.25) is 0 Å². The van der Waals surface area contributed by atoms with Gasteiger partial charge in [0.05, 0.1) is 6.61 Å². The summed E-state index contributed by atoms with van der Waals surface area (Å²) in [5.41, 5.74) is 0.529. The predicted octanol–water partition coefficient (Wildman–Crippen LogP) is 4.41. The van der Waals surface area contributed by atoms with Gasteiger partial charge in [-0.3, -0.25) is 0 Å². The third kappa shape index (κ3) is 2.73. The highest BCUT2D eigenvalue weighted by Crippen LogP contribution is 2.34. The molecule has 1 aromatic heterocycles. The lowest BCUT2D eigenvalue weighted by Crippen LogP contribution is -2.09. The molecule has 0 aliphatic heterocycles. The summed E-state index contributed by atoms with van der Waals surface area (Å²) in [5, 5.41) is 0.425. The van der Waals surface area contributed by atoms with Crippen LogP contribution in [-0.4, -0.2) is 13.1 Å². The largest absolute Gasteiger partial charge is 0.422 e. The molecule has 0 radical (unpaired) electrons. The van der Waals surface area contributed by atoms with Gasteiger partial charge in [0.25, 0.3) is 0 Å². The average molecular weight is 316 g/mol. The third-order valence-electron chi connectivity index (χ3n) is 3.19. The summed E-state index contributed by atoms with van der Waals surface area (Å²) in [4.78, 5) is 12.8. The first-order valence-corrected chi connectivity index (χ1v) is 7.48. The van der Waals surface area contributed by atoms with Crippen LogP contribution < -0.4 is 4.74 Å². The Morgan fingerprint density at radius 3 is 2.64 bits per heavy atom. The molecule has 0 amide bonds. The molecular formula is C17H13FO3S. The van der Waals surface area contributed by atoms with Gasteiger partial charge in [0, 0.05) is 22.8 Å². The zero-order valence-electron chi connectivity index (χ0n) is 11.8. The van der Waals surface area contributed by atoms with E-state index < -0.39 is 5.97 Å².